The number of esters is 1. The molecule has 1 N–H and O–H groups in total. The van der Waals surface area contributed by atoms with E-state index < -0.39 is 0 Å². The van der Waals surface area contributed by atoms with Crippen LogP contribution in [-0.2, 0) is 9.53 Å². The molecule has 0 unspecified atom stereocenters. The van der Waals surface area contributed by atoms with Crippen LogP contribution in [0.15, 0.2) is 24.4 Å². The lowest BCUT2D eigenvalue weighted by Crippen LogP contribution is -2.35. The van der Waals surface area contributed by atoms with Crippen LogP contribution in [-0.4, -0.2) is 29.4 Å². The molecule has 1 fully saturated rings. The van der Waals surface area contributed by atoms with Crippen molar-refractivity contribution in [3.05, 3.63) is 30.1 Å². The number of pyridine rings is 1. The minimum atomic E-state index is -0.211. The van der Waals surface area contributed by atoms with E-state index >= 15 is 0 Å². The molecule has 4 nitrogen and oxygen atoms in total. The van der Waals surface area contributed by atoms with Crippen molar-refractivity contribution in [3.63, 3.8) is 0 Å². The van der Waals surface area contributed by atoms with Gasteiger partial charge in [0.25, 0.3) is 0 Å². The van der Waals surface area contributed by atoms with Gasteiger partial charge in [-0.1, -0.05) is 6.07 Å². The number of ether oxygens (including phenoxy) is 1. The number of aromatic nitrogens is 1. The van der Waals surface area contributed by atoms with Crippen LogP contribution in [0.1, 0.15) is 18.0 Å². The highest BCUT2D eigenvalue weighted by atomic mass is 32.2. The Morgan fingerprint density at radius 3 is 3.25 bits per heavy atom. The van der Waals surface area contributed by atoms with Crippen LogP contribution in [0.5, 0.6) is 0 Å². The summed E-state index contributed by atoms with van der Waals surface area (Å²) in [5.41, 5.74) is 0.958. The van der Waals surface area contributed by atoms with Gasteiger partial charge in [0.1, 0.15) is 6.04 Å². The number of carbonyl (C=O) groups is 1. The van der Waals surface area contributed by atoms with E-state index in [1.807, 2.05) is 25.1 Å². The molecule has 0 bridgehead atoms. The first-order valence-corrected chi connectivity index (χ1v) is 6.31. The molecule has 5 heteroatoms. The maximum Gasteiger partial charge on any atom is 0.324 e. The summed E-state index contributed by atoms with van der Waals surface area (Å²) in [5.74, 6) is 0.563. The van der Waals surface area contributed by atoms with Gasteiger partial charge in [0.05, 0.1) is 17.7 Å². The minimum absolute atomic E-state index is 0.0932. The maximum absolute atomic E-state index is 11.5. The summed E-state index contributed by atoms with van der Waals surface area (Å²) in [6, 6.07) is 5.57. The molecule has 0 aromatic carbocycles. The highest BCUT2D eigenvalue weighted by Gasteiger charge is 2.31. The van der Waals surface area contributed by atoms with E-state index in [-0.39, 0.29) is 17.4 Å². The van der Waals surface area contributed by atoms with Crippen molar-refractivity contribution in [2.24, 2.45) is 0 Å². The molecular formula is C11H14N2O2S. The maximum atomic E-state index is 11.5. The second-order valence-electron chi connectivity index (χ2n) is 3.44. The average Bonchev–Trinajstić information content (AvgIpc) is 2.80. The highest BCUT2D eigenvalue weighted by Crippen LogP contribution is 2.31. The number of nitrogens with zero attached hydrogens (tertiary/aromatic N) is 1. The quantitative estimate of drug-likeness (QED) is 0.806. The number of hydrogen-bond donors (Lipinski definition) is 1. The Hall–Kier alpha value is -1.07. The van der Waals surface area contributed by atoms with Crippen molar-refractivity contribution in [3.8, 4) is 0 Å². The summed E-state index contributed by atoms with van der Waals surface area (Å²) in [6.45, 7) is 2.24. The molecule has 0 radical (unpaired) electrons. The fraction of sp³-hybridized carbons (Fsp3) is 0.455. The predicted octanol–water partition coefficient (Wildman–Crippen LogP) is 1.35. The third-order valence-corrected chi connectivity index (χ3v) is 3.55. The zero-order chi connectivity index (χ0) is 11.4. The van der Waals surface area contributed by atoms with Gasteiger partial charge in [-0.3, -0.25) is 15.1 Å². The zero-order valence-electron chi connectivity index (χ0n) is 9.05. The lowest BCUT2D eigenvalue weighted by Gasteiger charge is -2.11. The molecule has 0 saturated carbocycles. The minimum Gasteiger partial charge on any atom is -0.465 e. The molecule has 2 heterocycles. The molecule has 1 aromatic rings. The summed E-state index contributed by atoms with van der Waals surface area (Å²) >= 11 is 1.68. The Bertz CT molecular complexity index is 358. The monoisotopic (exact) mass is 238 g/mol. The van der Waals surface area contributed by atoms with Crippen molar-refractivity contribution in [1.82, 2.24) is 10.3 Å². The first-order valence-electron chi connectivity index (χ1n) is 5.26. The van der Waals surface area contributed by atoms with E-state index in [2.05, 4.69) is 10.3 Å². The topological polar surface area (TPSA) is 51.2 Å². The lowest BCUT2D eigenvalue weighted by atomic mass is 10.3. The van der Waals surface area contributed by atoms with Gasteiger partial charge < -0.3 is 4.74 Å². The van der Waals surface area contributed by atoms with E-state index in [0.717, 1.165) is 11.4 Å². The molecule has 0 aliphatic carbocycles. The Morgan fingerprint density at radius 2 is 2.56 bits per heavy atom. The normalized spacial score (nSPS) is 24.3. The molecule has 0 amide bonds. The van der Waals surface area contributed by atoms with Crippen LogP contribution in [0, 0.1) is 0 Å². The summed E-state index contributed by atoms with van der Waals surface area (Å²) in [6.07, 6.45) is 1.76. The van der Waals surface area contributed by atoms with Gasteiger partial charge in [0.2, 0.25) is 0 Å². The third kappa shape index (κ3) is 2.54. The van der Waals surface area contributed by atoms with Crippen LogP contribution in [0.4, 0.5) is 0 Å². The predicted molar refractivity (Wildman–Crippen MR) is 63.0 cm³/mol. The van der Waals surface area contributed by atoms with E-state index in [1.165, 1.54) is 0 Å². The van der Waals surface area contributed by atoms with Crippen molar-refractivity contribution >= 4 is 17.7 Å². The molecule has 1 aliphatic rings. The van der Waals surface area contributed by atoms with Gasteiger partial charge in [-0.2, -0.15) is 0 Å². The third-order valence-electron chi connectivity index (χ3n) is 2.31. The molecule has 86 valence electrons. The van der Waals surface area contributed by atoms with Gasteiger partial charge in [-0.25, -0.2) is 0 Å². The lowest BCUT2D eigenvalue weighted by molar-refractivity contribution is -0.144. The van der Waals surface area contributed by atoms with E-state index in [4.69, 9.17) is 4.74 Å². The first kappa shape index (κ1) is 11.4. The SMILES string of the molecule is CCOC(=O)[C@@H]1CS[C@@H](c2ccccn2)N1. The fourth-order valence-electron chi connectivity index (χ4n) is 1.55. The largest absolute Gasteiger partial charge is 0.465 e. The standard InChI is InChI=1S/C11H14N2O2S/c1-2-15-11(14)9-7-16-10(13-9)8-5-3-4-6-12-8/h3-6,9-10,13H,2,7H2,1H3/t9-,10-/m0/s1. The van der Waals surface area contributed by atoms with Gasteiger partial charge in [0.15, 0.2) is 0 Å². The summed E-state index contributed by atoms with van der Waals surface area (Å²) in [5, 5.41) is 3.31. The van der Waals surface area contributed by atoms with E-state index in [1.54, 1.807) is 18.0 Å². The number of thioether (sulfide) groups is 1. The second kappa shape index (κ2) is 5.32. The van der Waals surface area contributed by atoms with Crippen molar-refractivity contribution in [2.75, 3.05) is 12.4 Å². The number of nitrogens with one attached hydrogen (secondary N) is 1. The highest BCUT2D eigenvalue weighted by molar-refractivity contribution is 7.99. The summed E-state index contributed by atoms with van der Waals surface area (Å²) in [4.78, 5) is 15.8. The average molecular weight is 238 g/mol. The molecule has 16 heavy (non-hydrogen) atoms. The first-order chi connectivity index (χ1) is 7.81. The Morgan fingerprint density at radius 1 is 1.69 bits per heavy atom. The van der Waals surface area contributed by atoms with Crippen LogP contribution in [0.25, 0.3) is 0 Å². The van der Waals surface area contributed by atoms with Gasteiger partial charge in [-0.05, 0) is 19.1 Å². The second-order valence-corrected chi connectivity index (χ2v) is 4.58. The van der Waals surface area contributed by atoms with Crippen LogP contribution in [0.3, 0.4) is 0 Å². The van der Waals surface area contributed by atoms with Crippen molar-refractivity contribution in [1.29, 1.82) is 0 Å². The smallest absolute Gasteiger partial charge is 0.324 e. The van der Waals surface area contributed by atoms with Gasteiger partial charge in [0, 0.05) is 11.9 Å². The van der Waals surface area contributed by atoms with Crippen LogP contribution < -0.4 is 5.32 Å². The van der Waals surface area contributed by atoms with Gasteiger partial charge in [-0.15, -0.1) is 11.8 Å². The molecule has 1 aromatic heterocycles. The molecule has 1 saturated heterocycles. The number of rotatable bonds is 3. The fourth-order valence-corrected chi connectivity index (χ4v) is 2.74. The zero-order valence-corrected chi connectivity index (χ0v) is 9.87. The van der Waals surface area contributed by atoms with Crippen molar-refractivity contribution < 1.29 is 9.53 Å². The summed E-state index contributed by atoms with van der Waals surface area (Å²) < 4.78 is 4.97. The van der Waals surface area contributed by atoms with Crippen LogP contribution >= 0.6 is 11.8 Å². The molecule has 2 rings (SSSR count). The molecule has 0 spiro atoms. The summed E-state index contributed by atoms with van der Waals surface area (Å²) in [7, 11) is 0. The Kier molecular flexibility index (Phi) is 3.79. The Balaban J connectivity index is 1.96. The van der Waals surface area contributed by atoms with E-state index in [9.17, 15) is 4.79 Å². The van der Waals surface area contributed by atoms with E-state index in [0.29, 0.717) is 6.61 Å². The number of carbonyl (C=O) groups excluding carboxylic acids is 1. The van der Waals surface area contributed by atoms with Gasteiger partial charge >= 0.3 is 5.97 Å². The molecular weight excluding hydrogens is 224 g/mol. The van der Waals surface area contributed by atoms with Crippen molar-refractivity contribution in [2.45, 2.75) is 18.3 Å². The molecule has 2 atom stereocenters. The number of hydrogen-bond acceptors (Lipinski definition) is 5. The Labute approximate surface area is 98.8 Å². The molecule has 1 aliphatic heterocycles. The van der Waals surface area contributed by atoms with Crippen LogP contribution in [0.2, 0.25) is 0 Å².